The van der Waals surface area contributed by atoms with Crippen molar-refractivity contribution in [1.29, 1.82) is 0 Å². The predicted octanol–water partition coefficient (Wildman–Crippen LogP) is 2.94. The molecule has 1 aromatic heterocycles. The van der Waals surface area contributed by atoms with Crippen LogP contribution < -0.4 is 10.1 Å². The molecule has 0 saturated carbocycles. The Morgan fingerprint density at radius 3 is 2.84 bits per heavy atom. The fraction of sp³-hybridized carbons (Fsp3) is 0.167. The molecule has 5 nitrogen and oxygen atoms in total. The molecule has 1 N–H and O–H groups in total. The number of amides is 1. The number of anilines is 1. The minimum atomic E-state index is -0.300. The highest BCUT2D eigenvalue weighted by atomic mass is 127. The molecule has 1 aromatic carbocycles. The maximum Gasteiger partial charge on any atom is 0.277 e. The molecule has 0 radical (unpaired) electrons. The zero-order chi connectivity index (χ0) is 14.0. The average molecular weight is 392 g/mol. The number of benzene rings is 1. The molecule has 7 heteroatoms. The number of carbonyl (C=O) groups is 1. The monoisotopic (exact) mass is 391 g/mol. The van der Waals surface area contributed by atoms with Gasteiger partial charge in [0.2, 0.25) is 0 Å². The first kappa shape index (κ1) is 14.1. The van der Waals surface area contributed by atoms with Crippen LogP contribution in [0.3, 0.4) is 0 Å². The molecule has 0 atom stereocenters. The smallest absolute Gasteiger partial charge is 0.277 e. The molecule has 1 heterocycles. The molecule has 0 aliphatic carbocycles. The lowest BCUT2D eigenvalue weighted by atomic mass is 10.2. The van der Waals surface area contributed by atoms with Crippen LogP contribution in [0, 0.1) is 3.57 Å². The van der Waals surface area contributed by atoms with Crippen molar-refractivity contribution in [3.63, 3.8) is 0 Å². The molecule has 1 amide bonds. The van der Waals surface area contributed by atoms with Gasteiger partial charge in [0.1, 0.15) is 5.75 Å². The van der Waals surface area contributed by atoms with E-state index in [4.69, 9.17) is 16.3 Å². The number of rotatable bonds is 3. The van der Waals surface area contributed by atoms with Gasteiger partial charge in [0, 0.05) is 18.3 Å². The van der Waals surface area contributed by atoms with E-state index in [2.05, 4.69) is 33.0 Å². The summed E-state index contributed by atoms with van der Waals surface area (Å²) >= 11 is 7.97. The van der Waals surface area contributed by atoms with Crippen molar-refractivity contribution >= 4 is 45.8 Å². The van der Waals surface area contributed by atoms with Gasteiger partial charge in [-0.2, -0.15) is 5.10 Å². The molecule has 0 unspecified atom stereocenters. The molecule has 2 rings (SSSR count). The highest BCUT2D eigenvalue weighted by molar-refractivity contribution is 14.1. The topological polar surface area (TPSA) is 56.1 Å². The molecule has 0 aliphatic rings. The molecule has 0 bridgehead atoms. The van der Waals surface area contributed by atoms with Gasteiger partial charge in [-0.05, 0) is 40.8 Å². The van der Waals surface area contributed by atoms with Crippen molar-refractivity contribution in [3.05, 3.63) is 38.7 Å². The maximum absolute atomic E-state index is 12.1. The Hall–Kier alpha value is -1.28. The summed E-state index contributed by atoms with van der Waals surface area (Å²) in [5, 5.41) is 7.37. The number of methoxy groups -OCH3 is 1. The number of nitrogens with zero attached hydrogens (tertiary/aromatic N) is 2. The minimum Gasteiger partial charge on any atom is -0.495 e. The molecule has 0 aliphatic heterocycles. The normalized spacial score (nSPS) is 10.3. The van der Waals surface area contributed by atoms with Crippen molar-refractivity contribution in [1.82, 2.24) is 9.78 Å². The van der Waals surface area contributed by atoms with E-state index >= 15 is 0 Å². The van der Waals surface area contributed by atoms with Crippen LogP contribution in [0.25, 0.3) is 0 Å². The Bertz CT molecular complexity index is 627. The van der Waals surface area contributed by atoms with Gasteiger partial charge >= 0.3 is 0 Å². The fourth-order valence-electron chi connectivity index (χ4n) is 1.57. The van der Waals surface area contributed by atoms with Gasteiger partial charge in [0.15, 0.2) is 5.69 Å². The SMILES string of the molecule is COc1ccc(Cl)cc1NC(=O)c1nn(C)cc1I. The first-order valence-electron chi connectivity index (χ1n) is 5.35. The zero-order valence-electron chi connectivity index (χ0n) is 10.3. The van der Waals surface area contributed by atoms with Gasteiger partial charge in [-0.25, -0.2) is 0 Å². The van der Waals surface area contributed by atoms with Crippen molar-refractivity contribution in [2.45, 2.75) is 0 Å². The minimum absolute atomic E-state index is 0.300. The molecule has 0 spiro atoms. The molecule has 0 saturated heterocycles. The summed E-state index contributed by atoms with van der Waals surface area (Å²) in [6.45, 7) is 0. The Labute approximate surface area is 129 Å². The van der Waals surface area contributed by atoms with Crippen LogP contribution in [0.2, 0.25) is 5.02 Å². The van der Waals surface area contributed by atoms with E-state index in [-0.39, 0.29) is 5.91 Å². The van der Waals surface area contributed by atoms with Gasteiger partial charge in [0.05, 0.1) is 16.4 Å². The summed E-state index contributed by atoms with van der Waals surface area (Å²) in [6.07, 6.45) is 1.77. The van der Waals surface area contributed by atoms with Gasteiger partial charge in [-0.15, -0.1) is 0 Å². The Kier molecular flexibility index (Phi) is 4.31. The van der Waals surface area contributed by atoms with Crippen LogP contribution in [-0.2, 0) is 7.05 Å². The third kappa shape index (κ3) is 3.19. The number of aromatic nitrogens is 2. The quantitative estimate of drug-likeness (QED) is 0.819. The first-order valence-corrected chi connectivity index (χ1v) is 6.81. The lowest BCUT2D eigenvalue weighted by molar-refractivity contribution is 0.102. The highest BCUT2D eigenvalue weighted by Crippen LogP contribution is 2.28. The number of halogens is 2. The van der Waals surface area contributed by atoms with Crippen LogP contribution in [0.5, 0.6) is 5.75 Å². The Morgan fingerprint density at radius 2 is 2.26 bits per heavy atom. The largest absolute Gasteiger partial charge is 0.495 e. The highest BCUT2D eigenvalue weighted by Gasteiger charge is 2.16. The fourth-order valence-corrected chi connectivity index (χ4v) is 2.50. The van der Waals surface area contributed by atoms with E-state index in [1.165, 1.54) is 7.11 Å². The summed E-state index contributed by atoms with van der Waals surface area (Å²) in [7, 11) is 3.29. The maximum atomic E-state index is 12.1. The van der Waals surface area contributed by atoms with E-state index in [1.54, 1.807) is 36.1 Å². The molecular formula is C12H11ClIN3O2. The van der Waals surface area contributed by atoms with Crippen molar-refractivity contribution < 1.29 is 9.53 Å². The van der Waals surface area contributed by atoms with Gasteiger partial charge in [0.25, 0.3) is 5.91 Å². The van der Waals surface area contributed by atoms with Crippen molar-refractivity contribution in [2.75, 3.05) is 12.4 Å². The average Bonchev–Trinajstić information content (AvgIpc) is 2.69. The van der Waals surface area contributed by atoms with E-state index in [0.717, 1.165) is 3.57 Å². The molecule has 19 heavy (non-hydrogen) atoms. The number of hydrogen-bond donors (Lipinski definition) is 1. The summed E-state index contributed by atoms with van der Waals surface area (Å²) in [5.41, 5.74) is 0.881. The first-order chi connectivity index (χ1) is 9.01. The van der Waals surface area contributed by atoms with Gasteiger partial charge in [-0.3, -0.25) is 9.48 Å². The number of aryl methyl sites for hydroxylation is 1. The summed E-state index contributed by atoms with van der Waals surface area (Å²) in [5.74, 6) is 0.245. The van der Waals surface area contributed by atoms with Gasteiger partial charge in [-0.1, -0.05) is 11.6 Å². The summed E-state index contributed by atoms with van der Waals surface area (Å²) < 4.78 is 7.54. The van der Waals surface area contributed by atoms with E-state index < -0.39 is 0 Å². The summed E-state index contributed by atoms with van der Waals surface area (Å²) in [6, 6.07) is 5.02. The van der Waals surface area contributed by atoms with Crippen LogP contribution in [0.4, 0.5) is 5.69 Å². The number of carbonyl (C=O) groups excluding carboxylic acids is 1. The Balaban J connectivity index is 2.28. The number of hydrogen-bond acceptors (Lipinski definition) is 3. The second-order valence-electron chi connectivity index (χ2n) is 3.80. The van der Waals surface area contributed by atoms with E-state index in [0.29, 0.717) is 22.2 Å². The number of ether oxygens (including phenoxy) is 1. The molecular weight excluding hydrogens is 381 g/mol. The van der Waals surface area contributed by atoms with Crippen molar-refractivity contribution in [3.8, 4) is 5.75 Å². The third-order valence-corrected chi connectivity index (χ3v) is 3.43. The third-order valence-electron chi connectivity index (χ3n) is 2.41. The van der Waals surface area contributed by atoms with Crippen molar-refractivity contribution in [2.24, 2.45) is 7.05 Å². The second kappa shape index (κ2) is 5.79. The van der Waals surface area contributed by atoms with Crippen LogP contribution >= 0.6 is 34.2 Å². The molecule has 0 fully saturated rings. The van der Waals surface area contributed by atoms with Crippen LogP contribution in [0.1, 0.15) is 10.5 Å². The molecule has 2 aromatic rings. The predicted molar refractivity (Wildman–Crippen MR) is 81.9 cm³/mol. The molecule has 100 valence electrons. The number of nitrogens with one attached hydrogen (secondary N) is 1. The van der Waals surface area contributed by atoms with E-state index in [1.807, 2.05) is 0 Å². The van der Waals surface area contributed by atoms with Gasteiger partial charge < -0.3 is 10.1 Å². The second-order valence-corrected chi connectivity index (χ2v) is 5.40. The lowest BCUT2D eigenvalue weighted by Gasteiger charge is -2.09. The Morgan fingerprint density at radius 1 is 1.53 bits per heavy atom. The van der Waals surface area contributed by atoms with Crippen LogP contribution in [-0.4, -0.2) is 22.8 Å². The standard InChI is InChI=1S/C12H11ClIN3O2/c1-17-6-8(14)11(16-17)12(18)15-9-5-7(13)3-4-10(9)19-2/h3-6H,1-2H3,(H,15,18). The lowest BCUT2D eigenvalue weighted by Crippen LogP contribution is -2.14. The zero-order valence-corrected chi connectivity index (χ0v) is 13.2. The summed E-state index contributed by atoms with van der Waals surface area (Å²) in [4.78, 5) is 12.1. The van der Waals surface area contributed by atoms with Crippen LogP contribution in [0.15, 0.2) is 24.4 Å². The van der Waals surface area contributed by atoms with E-state index in [9.17, 15) is 4.79 Å².